The van der Waals surface area contributed by atoms with Gasteiger partial charge in [-0.1, -0.05) is 32.0 Å². The fourth-order valence-electron chi connectivity index (χ4n) is 2.12. The second-order valence-corrected chi connectivity index (χ2v) is 4.72. The van der Waals surface area contributed by atoms with E-state index >= 15 is 0 Å². The first kappa shape index (κ1) is 11.0. The molecule has 3 heteroatoms. The van der Waals surface area contributed by atoms with Gasteiger partial charge >= 0.3 is 0 Å². The molecule has 1 aliphatic rings. The largest absolute Gasteiger partial charge is 0.370 e. The van der Waals surface area contributed by atoms with Crippen molar-refractivity contribution in [3.05, 3.63) is 29.8 Å². The van der Waals surface area contributed by atoms with Gasteiger partial charge in [0.25, 0.3) is 0 Å². The first-order valence-electron chi connectivity index (χ1n) is 5.72. The summed E-state index contributed by atoms with van der Waals surface area (Å²) in [7, 11) is 0. The fraction of sp³-hybridized carbons (Fsp3) is 0.462. The van der Waals surface area contributed by atoms with Crippen LogP contribution in [0.25, 0.3) is 0 Å². The first-order chi connectivity index (χ1) is 7.59. The second-order valence-electron chi connectivity index (χ2n) is 4.72. The number of anilines is 1. The van der Waals surface area contributed by atoms with Gasteiger partial charge in [0, 0.05) is 18.8 Å². The third-order valence-corrected chi connectivity index (χ3v) is 3.18. The maximum Gasteiger partial charge on any atom is 0.224 e. The van der Waals surface area contributed by atoms with Gasteiger partial charge in [-0.3, -0.25) is 4.79 Å². The molecule has 0 spiro atoms. The zero-order chi connectivity index (χ0) is 11.7. The average Bonchev–Trinajstić information content (AvgIpc) is 2.15. The first-order valence-corrected chi connectivity index (χ1v) is 5.72. The summed E-state index contributed by atoms with van der Waals surface area (Å²) in [6, 6.07) is 8.37. The molecule has 86 valence electrons. The van der Waals surface area contributed by atoms with Crippen molar-refractivity contribution in [3.8, 4) is 0 Å². The van der Waals surface area contributed by atoms with Gasteiger partial charge in [0.1, 0.15) is 0 Å². The van der Waals surface area contributed by atoms with Crippen LogP contribution in [0.2, 0.25) is 0 Å². The molecule has 0 radical (unpaired) electrons. The highest BCUT2D eigenvalue weighted by molar-refractivity contribution is 5.80. The topological polar surface area (TPSA) is 46.3 Å². The number of primary amides is 1. The molecule has 1 aromatic rings. The molecular formula is C13H18N2O. The number of para-hydroxylation sites is 1. The molecule has 0 unspecified atom stereocenters. The molecule has 0 aromatic heterocycles. The molecule has 2 rings (SSSR count). The van der Waals surface area contributed by atoms with Crippen LogP contribution in [0.4, 0.5) is 5.69 Å². The van der Waals surface area contributed by atoms with Crippen molar-refractivity contribution in [1.29, 1.82) is 0 Å². The molecule has 1 fully saturated rings. The molecule has 1 heterocycles. The number of benzene rings is 1. The van der Waals surface area contributed by atoms with E-state index < -0.39 is 0 Å². The highest BCUT2D eigenvalue weighted by Gasteiger charge is 2.32. The number of hydrogen-bond acceptors (Lipinski definition) is 2. The summed E-state index contributed by atoms with van der Waals surface area (Å²) >= 11 is 0. The normalized spacial score (nSPS) is 16.3. The van der Waals surface area contributed by atoms with E-state index in [1.807, 2.05) is 6.07 Å². The standard InChI is InChI=1S/C13H18N2O/c1-9(2)11-5-3-4-6-12(11)15-7-10(8-15)13(14)16/h3-6,9-10H,7-8H2,1-2H3,(H2,14,16). The van der Waals surface area contributed by atoms with Crippen LogP contribution in [0.5, 0.6) is 0 Å². The van der Waals surface area contributed by atoms with Crippen LogP contribution >= 0.6 is 0 Å². The van der Waals surface area contributed by atoms with E-state index in [0.29, 0.717) is 5.92 Å². The van der Waals surface area contributed by atoms with E-state index in [9.17, 15) is 4.79 Å². The Morgan fingerprint density at radius 3 is 2.56 bits per heavy atom. The number of carbonyl (C=O) groups excluding carboxylic acids is 1. The van der Waals surface area contributed by atoms with E-state index in [1.54, 1.807) is 0 Å². The molecule has 1 saturated heterocycles. The monoisotopic (exact) mass is 218 g/mol. The van der Waals surface area contributed by atoms with E-state index in [0.717, 1.165) is 13.1 Å². The minimum atomic E-state index is -0.182. The summed E-state index contributed by atoms with van der Waals surface area (Å²) < 4.78 is 0. The smallest absolute Gasteiger partial charge is 0.224 e. The Balaban J connectivity index is 2.14. The molecule has 1 amide bonds. The van der Waals surface area contributed by atoms with Crippen molar-refractivity contribution in [3.63, 3.8) is 0 Å². The lowest BCUT2D eigenvalue weighted by Gasteiger charge is -2.40. The van der Waals surface area contributed by atoms with Crippen molar-refractivity contribution in [2.75, 3.05) is 18.0 Å². The molecule has 0 saturated carbocycles. The number of carbonyl (C=O) groups is 1. The van der Waals surface area contributed by atoms with Crippen LogP contribution in [-0.2, 0) is 4.79 Å². The lowest BCUT2D eigenvalue weighted by atomic mass is 9.94. The van der Waals surface area contributed by atoms with Crippen LogP contribution in [0, 0.1) is 5.92 Å². The minimum Gasteiger partial charge on any atom is -0.370 e. The molecule has 3 nitrogen and oxygen atoms in total. The van der Waals surface area contributed by atoms with Crippen LogP contribution in [0.15, 0.2) is 24.3 Å². The van der Waals surface area contributed by atoms with Crippen LogP contribution in [0.3, 0.4) is 0 Å². The summed E-state index contributed by atoms with van der Waals surface area (Å²) in [5.74, 6) is 0.349. The molecular weight excluding hydrogens is 200 g/mol. The van der Waals surface area contributed by atoms with Crippen LogP contribution in [-0.4, -0.2) is 19.0 Å². The Kier molecular flexibility index (Phi) is 2.86. The number of nitrogens with two attached hydrogens (primary N) is 1. The molecule has 0 atom stereocenters. The fourth-order valence-corrected chi connectivity index (χ4v) is 2.12. The van der Waals surface area contributed by atoms with Crippen molar-refractivity contribution in [2.45, 2.75) is 19.8 Å². The number of hydrogen-bond donors (Lipinski definition) is 1. The highest BCUT2D eigenvalue weighted by atomic mass is 16.1. The van der Waals surface area contributed by atoms with Crippen molar-refractivity contribution >= 4 is 11.6 Å². The minimum absolute atomic E-state index is 0.0280. The molecule has 16 heavy (non-hydrogen) atoms. The predicted octanol–water partition coefficient (Wildman–Crippen LogP) is 1.73. The molecule has 0 bridgehead atoms. The molecule has 1 aliphatic heterocycles. The zero-order valence-electron chi connectivity index (χ0n) is 9.81. The molecule has 1 aromatic carbocycles. The Morgan fingerprint density at radius 2 is 2.00 bits per heavy atom. The molecule has 2 N–H and O–H groups in total. The summed E-state index contributed by atoms with van der Waals surface area (Å²) in [4.78, 5) is 13.2. The summed E-state index contributed by atoms with van der Waals surface area (Å²) in [5, 5.41) is 0. The van der Waals surface area contributed by atoms with Gasteiger partial charge in [-0.25, -0.2) is 0 Å². The molecule has 0 aliphatic carbocycles. The Labute approximate surface area is 96.2 Å². The second kappa shape index (κ2) is 4.16. The zero-order valence-corrected chi connectivity index (χ0v) is 9.81. The van der Waals surface area contributed by atoms with Crippen molar-refractivity contribution < 1.29 is 4.79 Å². The van der Waals surface area contributed by atoms with Gasteiger partial charge in [0.05, 0.1) is 5.92 Å². The average molecular weight is 218 g/mol. The number of amides is 1. The van der Waals surface area contributed by atoms with E-state index in [-0.39, 0.29) is 11.8 Å². The van der Waals surface area contributed by atoms with E-state index in [1.165, 1.54) is 11.3 Å². The predicted molar refractivity (Wildman–Crippen MR) is 65.4 cm³/mol. The van der Waals surface area contributed by atoms with Gasteiger partial charge in [0.15, 0.2) is 0 Å². The lowest BCUT2D eigenvalue weighted by molar-refractivity contribution is -0.122. The van der Waals surface area contributed by atoms with E-state index in [2.05, 4.69) is 36.9 Å². The maximum atomic E-state index is 11.0. The van der Waals surface area contributed by atoms with Gasteiger partial charge in [-0.15, -0.1) is 0 Å². The maximum absolute atomic E-state index is 11.0. The number of rotatable bonds is 3. The SMILES string of the molecule is CC(C)c1ccccc1N1CC(C(N)=O)C1. The lowest BCUT2D eigenvalue weighted by Crippen LogP contribution is -2.52. The Bertz CT molecular complexity index is 395. The third kappa shape index (κ3) is 1.90. The highest BCUT2D eigenvalue weighted by Crippen LogP contribution is 2.31. The van der Waals surface area contributed by atoms with Crippen molar-refractivity contribution in [2.24, 2.45) is 11.7 Å². The van der Waals surface area contributed by atoms with Gasteiger partial charge in [0.2, 0.25) is 5.91 Å². The van der Waals surface area contributed by atoms with Gasteiger partial charge in [-0.2, -0.15) is 0 Å². The quantitative estimate of drug-likeness (QED) is 0.839. The van der Waals surface area contributed by atoms with Crippen LogP contribution < -0.4 is 10.6 Å². The Morgan fingerprint density at radius 1 is 1.38 bits per heavy atom. The van der Waals surface area contributed by atoms with Crippen molar-refractivity contribution in [1.82, 2.24) is 0 Å². The summed E-state index contributed by atoms with van der Waals surface area (Å²) in [6.45, 7) is 5.90. The number of nitrogens with zero attached hydrogens (tertiary/aromatic N) is 1. The Hall–Kier alpha value is -1.51. The summed E-state index contributed by atoms with van der Waals surface area (Å²) in [6.07, 6.45) is 0. The van der Waals surface area contributed by atoms with Gasteiger partial charge < -0.3 is 10.6 Å². The van der Waals surface area contributed by atoms with Gasteiger partial charge in [-0.05, 0) is 17.5 Å². The summed E-state index contributed by atoms with van der Waals surface area (Å²) in [5.41, 5.74) is 7.85. The van der Waals surface area contributed by atoms with Crippen LogP contribution in [0.1, 0.15) is 25.3 Å². The van der Waals surface area contributed by atoms with E-state index in [4.69, 9.17) is 5.73 Å². The third-order valence-electron chi connectivity index (χ3n) is 3.18.